The molecule has 3 fully saturated rings. The molecule has 3 saturated heterocycles. The number of pyridine rings is 1. The summed E-state index contributed by atoms with van der Waals surface area (Å²) in [6.45, 7) is 0.457. The van der Waals surface area contributed by atoms with Gasteiger partial charge in [-0.25, -0.2) is 4.98 Å². The topological polar surface area (TPSA) is 151 Å². The van der Waals surface area contributed by atoms with Crippen molar-refractivity contribution in [3.8, 4) is 22.8 Å². The molecule has 3 aliphatic heterocycles. The van der Waals surface area contributed by atoms with Gasteiger partial charge in [0.15, 0.2) is 0 Å². The first-order valence-electron chi connectivity index (χ1n) is 23.3. The molecule has 4 amide bonds. The molecule has 5 aromatic rings. The summed E-state index contributed by atoms with van der Waals surface area (Å²) in [6.07, 6.45) is 6.83. The van der Waals surface area contributed by atoms with Gasteiger partial charge in [-0.05, 0) is 118 Å². The number of carbonyl (C=O) groups is 4. The molecular weight excluding hydrogens is 930 g/mol. The van der Waals surface area contributed by atoms with E-state index < -0.39 is 54.5 Å². The number of likely N-dealkylation sites (tertiary alicyclic amines) is 1. The molecule has 2 bridgehead atoms. The first-order valence-corrected chi connectivity index (χ1v) is 24.0. The third-order valence-corrected chi connectivity index (χ3v) is 13.8. The zero-order valence-electron chi connectivity index (χ0n) is 38.6. The lowest BCUT2D eigenvalue weighted by atomic mass is 9.82. The van der Waals surface area contributed by atoms with Crippen molar-refractivity contribution in [2.45, 2.75) is 89.2 Å². The van der Waals surface area contributed by atoms with Crippen LogP contribution >= 0.6 is 23.2 Å². The number of hydrogen-bond donors (Lipinski definition) is 2. The molecular formula is C51H56Cl2F2N8O6. The number of nitrogens with zero attached hydrogens (tertiary/aromatic N) is 6. The summed E-state index contributed by atoms with van der Waals surface area (Å²) in [6, 6.07) is 22.0. The van der Waals surface area contributed by atoms with Crippen LogP contribution in [0.25, 0.3) is 11.3 Å². The van der Waals surface area contributed by atoms with Crippen LogP contribution in [0.4, 0.5) is 8.78 Å². The number of hydrogen-bond acceptors (Lipinski definition) is 9. The number of carbonyl (C=O) groups excluding carboxylic acids is 4. The quantitative estimate of drug-likeness (QED) is 0.115. The van der Waals surface area contributed by atoms with E-state index in [2.05, 4.69) is 29.8 Å². The molecule has 3 aromatic carbocycles. The Morgan fingerprint density at radius 3 is 2.35 bits per heavy atom. The van der Waals surface area contributed by atoms with E-state index in [1.54, 1.807) is 59.6 Å². The molecule has 0 spiro atoms. The van der Waals surface area contributed by atoms with Crippen molar-refractivity contribution in [2.75, 3.05) is 32.8 Å². The Balaban J connectivity index is 1.10. The largest absolute Gasteiger partial charge is 0.457 e. The zero-order valence-corrected chi connectivity index (χ0v) is 40.1. The molecule has 4 atom stereocenters. The van der Waals surface area contributed by atoms with Crippen molar-refractivity contribution < 1.29 is 37.4 Å². The van der Waals surface area contributed by atoms with E-state index in [1.165, 1.54) is 24.7 Å². The smallest absolute Gasteiger partial charge is 0.345 e. The monoisotopic (exact) mass is 984 g/mol. The van der Waals surface area contributed by atoms with Gasteiger partial charge in [0.25, 0.3) is 0 Å². The van der Waals surface area contributed by atoms with Crippen LogP contribution in [0.1, 0.15) is 61.7 Å². The molecule has 3 aliphatic rings. The minimum atomic E-state index is -3.24. The Hall–Kier alpha value is -5.94. The van der Waals surface area contributed by atoms with Crippen LogP contribution in [0.15, 0.2) is 97.3 Å². The molecule has 0 aliphatic carbocycles. The van der Waals surface area contributed by atoms with Gasteiger partial charge in [-0.1, -0.05) is 47.5 Å². The van der Waals surface area contributed by atoms with Crippen molar-refractivity contribution in [1.29, 1.82) is 0 Å². The van der Waals surface area contributed by atoms with E-state index in [-0.39, 0.29) is 38.3 Å². The van der Waals surface area contributed by atoms with Gasteiger partial charge in [-0.15, -0.1) is 0 Å². The van der Waals surface area contributed by atoms with Gasteiger partial charge < -0.3 is 34.5 Å². The number of benzene rings is 3. The van der Waals surface area contributed by atoms with E-state index in [0.29, 0.717) is 52.2 Å². The summed E-state index contributed by atoms with van der Waals surface area (Å²) < 4.78 is 40.4. The highest BCUT2D eigenvalue weighted by Crippen LogP contribution is 2.34. The zero-order chi connectivity index (χ0) is 48.7. The Labute approximate surface area is 410 Å². The minimum Gasteiger partial charge on any atom is -0.457 e. The summed E-state index contributed by atoms with van der Waals surface area (Å²) in [5, 5.41) is 6.55. The molecule has 5 heterocycles. The fourth-order valence-electron chi connectivity index (χ4n) is 9.54. The number of ether oxygens (including phenoxy) is 2. The van der Waals surface area contributed by atoms with Crippen molar-refractivity contribution in [3.05, 3.63) is 130 Å². The maximum Gasteiger partial charge on any atom is 0.345 e. The normalized spacial score (nSPS) is 21.9. The number of alkyl halides is 2. The average Bonchev–Trinajstić information content (AvgIpc) is 3.99. The average molecular weight is 986 g/mol. The van der Waals surface area contributed by atoms with Crippen molar-refractivity contribution >= 4 is 46.8 Å². The Kier molecular flexibility index (Phi) is 15.9. The van der Waals surface area contributed by atoms with Crippen LogP contribution < -0.4 is 15.4 Å². The summed E-state index contributed by atoms with van der Waals surface area (Å²) in [5.41, 5.74) is 2.66. The van der Waals surface area contributed by atoms with E-state index in [0.717, 1.165) is 42.3 Å². The summed E-state index contributed by atoms with van der Waals surface area (Å²) in [4.78, 5) is 73.2. The van der Waals surface area contributed by atoms with Gasteiger partial charge in [-0.2, -0.15) is 8.78 Å². The predicted octanol–water partition coefficient (Wildman–Crippen LogP) is 7.60. The molecule has 0 radical (unpaired) electrons. The highest BCUT2D eigenvalue weighted by molar-refractivity contribution is 6.31. The van der Waals surface area contributed by atoms with Gasteiger partial charge in [0.2, 0.25) is 23.6 Å². The second-order valence-electron chi connectivity index (χ2n) is 18.2. The fourth-order valence-corrected chi connectivity index (χ4v) is 9.83. The molecule has 2 N–H and O–H groups in total. The van der Waals surface area contributed by atoms with Crippen LogP contribution in [0.2, 0.25) is 10.0 Å². The van der Waals surface area contributed by atoms with Crippen molar-refractivity contribution in [3.63, 3.8) is 0 Å². The Morgan fingerprint density at radius 1 is 0.870 bits per heavy atom. The Morgan fingerprint density at radius 2 is 1.62 bits per heavy atom. The molecule has 0 unspecified atom stereocenters. The molecule has 364 valence electrons. The van der Waals surface area contributed by atoms with E-state index in [1.807, 2.05) is 49.6 Å². The maximum atomic E-state index is 15.0. The van der Waals surface area contributed by atoms with Gasteiger partial charge in [0.05, 0.1) is 43.0 Å². The lowest BCUT2D eigenvalue weighted by Gasteiger charge is -2.45. The summed E-state index contributed by atoms with van der Waals surface area (Å²) >= 11 is 12.8. The number of nitrogens with one attached hydrogen (secondary N) is 2. The molecule has 18 heteroatoms. The van der Waals surface area contributed by atoms with Crippen LogP contribution in [0.5, 0.6) is 11.5 Å². The number of amides is 4. The number of imidazole rings is 1. The SMILES string of the molecule is C[C@H]1C(=O)N[C@@H](COC(F)F)C(=O)N[C@@]2(Cc3ccc(Cl)cc3)CCCN(C2)C(=O)[C@H](Cc2ccccn2)CC(=O)N1Cc1ccc(Cl)cc1Oc1ccc(-c2cnc(CN3CCCC3)n2C)cc1. The maximum absolute atomic E-state index is 15.0. The molecule has 8 rings (SSSR count). The van der Waals surface area contributed by atoms with E-state index in [9.17, 15) is 28.0 Å². The van der Waals surface area contributed by atoms with Gasteiger partial charge in [0.1, 0.15) is 29.4 Å². The number of piperidine rings is 1. The first-order chi connectivity index (χ1) is 33.2. The second-order valence-corrected chi connectivity index (χ2v) is 19.1. The molecule has 69 heavy (non-hydrogen) atoms. The molecule has 14 nitrogen and oxygen atoms in total. The molecule has 0 saturated carbocycles. The summed E-state index contributed by atoms with van der Waals surface area (Å²) in [5.74, 6) is -1.64. The third-order valence-electron chi connectivity index (χ3n) is 13.3. The van der Waals surface area contributed by atoms with Crippen LogP contribution in [0.3, 0.4) is 0 Å². The summed E-state index contributed by atoms with van der Waals surface area (Å²) in [7, 11) is 2.00. The number of fused-ring (bicyclic) bond motifs is 2. The highest BCUT2D eigenvalue weighted by Gasteiger charge is 2.43. The minimum absolute atomic E-state index is 0.0396. The fraction of sp³-hybridized carbons (Fsp3) is 0.412. The number of aromatic nitrogens is 3. The lowest BCUT2D eigenvalue weighted by molar-refractivity contribution is -0.152. The van der Waals surface area contributed by atoms with E-state index in [4.69, 9.17) is 32.9 Å². The number of rotatable bonds is 14. The van der Waals surface area contributed by atoms with Crippen LogP contribution in [-0.2, 0) is 56.9 Å². The highest BCUT2D eigenvalue weighted by atomic mass is 35.5. The van der Waals surface area contributed by atoms with Gasteiger partial charge in [0, 0.05) is 66.0 Å². The van der Waals surface area contributed by atoms with Crippen molar-refractivity contribution in [2.24, 2.45) is 13.0 Å². The number of halogens is 4. The van der Waals surface area contributed by atoms with Crippen LogP contribution in [0, 0.1) is 5.92 Å². The predicted molar refractivity (Wildman–Crippen MR) is 256 cm³/mol. The van der Waals surface area contributed by atoms with Gasteiger partial charge in [-0.3, -0.25) is 29.1 Å². The lowest BCUT2D eigenvalue weighted by Crippen LogP contribution is -2.65. The van der Waals surface area contributed by atoms with Crippen molar-refractivity contribution in [1.82, 2.24) is 39.9 Å². The Bertz CT molecular complexity index is 2600. The third kappa shape index (κ3) is 12.5. The molecule has 2 aromatic heterocycles. The first kappa shape index (κ1) is 49.5. The van der Waals surface area contributed by atoms with E-state index >= 15 is 0 Å². The van der Waals surface area contributed by atoms with Gasteiger partial charge >= 0.3 is 6.61 Å². The standard InChI is InChI=1S/C51H56Cl2F2N8O6/c1-33-47(65)58-42(31-68-50(54)55)48(66)59-51(27-34-9-14-38(52)15-10-34)19-7-23-62(32-51)49(67)37(24-40-8-3-4-20-56-40)25-46(64)63(33)29-36-11-16-39(53)26-44(36)69-41-17-12-35(13-18-41)43-28-57-45(60(43)2)30-61-21-5-6-22-61/h3-4,8-18,20,26,28,33,37,42,50H,5-7,19,21-25,27,29-32H2,1-2H3,(H,58,65)(H,59,66)/t33-,37+,42-,51+/m0/s1. The second kappa shape index (κ2) is 22.2. The van der Waals surface area contributed by atoms with Crippen LogP contribution in [-0.4, -0.2) is 110 Å².